The molecule has 20 heavy (non-hydrogen) atoms. The Hall–Kier alpha value is -1.47. The van der Waals surface area contributed by atoms with Crippen LogP contribution in [0.5, 0.6) is 0 Å². The SMILES string of the molecule is O=[N+]([O-])c1cccc(CNc2cc(F)ccc2Br)c1Br. The average molecular weight is 404 g/mol. The quantitative estimate of drug-likeness (QED) is 0.585. The summed E-state index contributed by atoms with van der Waals surface area (Å²) >= 11 is 6.53. The van der Waals surface area contributed by atoms with Crippen LogP contribution in [-0.4, -0.2) is 4.92 Å². The zero-order valence-corrected chi connectivity index (χ0v) is 13.2. The van der Waals surface area contributed by atoms with Gasteiger partial charge in [0, 0.05) is 17.1 Å². The number of rotatable bonds is 4. The lowest BCUT2D eigenvalue weighted by molar-refractivity contribution is -0.385. The van der Waals surface area contributed by atoms with E-state index in [1.165, 1.54) is 18.2 Å². The van der Waals surface area contributed by atoms with Crippen LogP contribution in [0.1, 0.15) is 5.56 Å². The minimum atomic E-state index is -0.453. The molecule has 0 saturated carbocycles. The number of hydrogen-bond acceptors (Lipinski definition) is 3. The van der Waals surface area contributed by atoms with E-state index in [1.54, 1.807) is 18.2 Å². The molecule has 0 unspecified atom stereocenters. The summed E-state index contributed by atoms with van der Waals surface area (Å²) in [6.45, 7) is 0.338. The van der Waals surface area contributed by atoms with Crippen LogP contribution in [0.4, 0.5) is 15.8 Å². The summed E-state index contributed by atoms with van der Waals surface area (Å²) in [6, 6.07) is 9.09. The third-order valence-electron chi connectivity index (χ3n) is 2.65. The Bertz CT molecular complexity index is 665. The highest BCUT2D eigenvalue weighted by atomic mass is 79.9. The van der Waals surface area contributed by atoms with Crippen molar-refractivity contribution in [2.45, 2.75) is 6.54 Å². The molecule has 104 valence electrons. The fourth-order valence-electron chi connectivity index (χ4n) is 1.67. The highest BCUT2D eigenvalue weighted by Crippen LogP contribution is 2.30. The van der Waals surface area contributed by atoms with Crippen molar-refractivity contribution < 1.29 is 9.31 Å². The summed E-state index contributed by atoms with van der Waals surface area (Å²) in [4.78, 5) is 10.4. The second-order valence-electron chi connectivity index (χ2n) is 3.99. The maximum Gasteiger partial charge on any atom is 0.283 e. The fourth-order valence-corrected chi connectivity index (χ4v) is 2.60. The zero-order valence-electron chi connectivity index (χ0n) is 10.1. The molecule has 0 saturated heterocycles. The van der Waals surface area contributed by atoms with Crippen LogP contribution in [0, 0.1) is 15.9 Å². The molecule has 0 atom stereocenters. The molecular weight excluding hydrogens is 395 g/mol. The Kier molecular flexibility index (Phi) is 4.72. The first-order chi connectivity index (χ1) is 9.49. The molecule has 0 aromatic heterocycles. The molecule has 1 N–H and O–H groups in total. The Morgan fingerprint density at radius 1 is 1.25 bits per heavy atom. The standard InChI is InChI=1S/C13H9Br2FN2O2/c14-10-5-4-9(16)6-11(10)17-7-8-2-1-3-12(13(8)15)18(19)20/h1-6,17H,7H2. The third kappa shape index (κ3) is 3.34. The topological polar surface area (TPSA) is 55.2 Å². The smallest absolute Gasteiger partial charge is 0.283 e. The lowest BCUT2D eigenvalue weighted by Gasteiger charge is -2.10. The molecule has 0 fully saturated rings. The van der Waals surface area contributed by atoms with Gasteiger partial charge in [-0.15, -0.1) is 0 Å². The Morgan fingerprint density at radius 2 is 2.00 bits per heavy atom. The van der Waals surface area contributed by atoms with Gasteiger partial charge in [-0.1, -0.05) is 12.1 Å². The number of nitrogens with zero attached hydrogens (tertiary/aromatic N) is 1. The fraction of sp³-hybridized carbons (Fsp3) is 0.0769. The van der Waals surface area contributed by atoms with E-state index in [2.05, 4.69) is 37.2 Å². The molecule has 0 aliphatic rings. The van der Waals surface area contributed by atoms with Crippen molar-refractivity contribution in [3.05, 3.63) is 66.8 Å². The van der Waals surface area contributed by atoms with Crippen LogP contribution in [0.15, 0.2) is 45.3 Å². The summed E-state index contributed by atoms with van der Waals surface area (Å²) in [5, 5.41) is 13.9. The van der Waals surface area contributed by atoms with Crippen LogP contribution in [0.3, 0.4) is 0 Å². The Labute approximate surface area is 131 Å². The van der Waals surface area contributed by atoms with Crippen LogP contribution in [-0.2, 0) is 6.54 Å². The summed E-state index contributed by atoms with van der Waals surface area (Å²) < 4.78 is 14.3. The molecule has 0 amide bonds. The van der Waals surface area contributed by atoms with Gasteiger partial charge in [0.25, 0.3) is 5.69 Å². The third-order valence-corrected chi connectivity index (χ3v) is 4.26. The van der Waals surface area contributed by atoms with E-state index in [-0.39, 0.29) is 11.5 Å². The van der Waals surface area contributed by atoms with E-state index in [1.807, 2.05) is 0 Å². The first-order valence-electron chi connectivity index (χ1n) is 5.59. The van der Waals surface area contributed by atoms with Crippen LogP contribution >= 0.6 is 31.9 Å². The lowest BCUT2D eigenvalue weighted by atomic mass is 10.2. The van der Waals surface area contributed by atoms with Crippen molar-refractivity contribution in [1.29, 1.82) is 0 Å². The predicted molar refractivity (Wildman–Crippen MR) is 82.2 cm³/mol. The molecule has 7 heteroatoms. The van der Waals surface area contributed by atoms with Gasteiger partial charge in [-0.05, 0) is 55.6 Å². The Balaban J connectivity index is 2.21. The first-order valence-corrected chi connectivity index (χ1v) is 7.18. The molecule has 2 aromatic rings. The van der Waals surface area contributed by atoms with E-state index in [9.17, 15) is 14.5 Å². The molecule has 4 nitrogen and oxygen atoms in total. The summed E-state index contributed by atoms with van der Waals surface area (Å²) in [5.74, 6) is -0.353. The van der Waals surface area contributed by atoms with E-state index >= 15 is 0 Å². The average Bonchev–Trinajstić information content (AvgIpc) is 2.41. The monoisotopic (exact) mass is 402 g/mol. The van der Waals surface area contributed by atoms with Crippen molar-refractivity contribution in [1.82, 2.24) is 0 Å². The normalized spacial score (nSPS) is 10.3. The number of benzene rings is 2. The molecule has 0 heterocycles. The summed E-state index contributed by atoms with van der Waals surface area (Å²) in [5.41, 5.74) is 1.31. The molecule has 2 aromatic carbocycles. The van der Waals surface area contributed by atoms with E-state index in [4.69, 9.17) is 0 Å². The van der Waals surface area contributed by atoms with Gasteiger partial charge in [-0.2, -0.15) is 0 Å². The maximum absolute atomic E-state index is 13.2. The number of halogens is 3. The van der Waals surface area contributed by atoms with Crippen LogP contribution < -0.4 is 5.32 Å². The minimum absolute atomic E-state index is 0.00241. The summed E-state index contributed by atoms with van der Waals surface area (Å²) in [7, 11) is 0. The number of nitrogens with one attached hydrogen (secondary N) is 1. The second-order valence-corrected chi connectivity index (χ2v) is 5.63. The molecule has 0 aliphatic heterocycles. The molecule has 0 radical (unpaired) electrons. The van der Waals surface area contributed by atoms with Crippen LogP contribution in [0.25, 0.3) is 0 Å². The van der Waals surface area contributed by atoms with Gasteiger partial charge in [0.2, 0.25) is 0 Å². The Morgan fingerprint density at radius 3 is 2.70 bits per heavy atom. The minimum Gasteiger partial charge on any atom is -0.380 e. The van der Waals surface area contributed by atoms with Crippen molar-refractivity contribution in [2.75, 3.05) is 5.32 Å². The van der Waals surface area contributed by atoms with Gasteiger partial charge >= 0.3 is 0 Å². The van der Waals surface area contributed by atoms with Gasteiger partial charge in [0.05, 0.1) is 10.6 Å². The highest BCUT2D eigenvalue weighted by Gasteiger charge is 2.14. The largest absolute Gasteiger partial charge is 0.380 e. The number of anilines is 1. The second kappa shape index (κ2) is 6.32. The zero-order chi connectivity index (χ0) is 14.7. The molecule has 0 aliphatic carbocycles. The van der Waals surface area contributed by atoms with Gasteiger partial charge in [0.1, 0.15) is 10.3 Å². The van der Waals surface area contributed by atoms with Gasteiger partial charge in [-0.25, -0.2) is 4.39 Å². The van der Waals surface area contributed by atoms with Gasteiger partial charge < -0.3 is 5.32 Å². The molecule has 2 rings (SSSR count). The number of nitro benzene ring substituents is 1. The van der Waals surface area contributed by atoms with Gasteiger partial charge in [-0.3, -0.25) is 10.1 Å². The van der Waals surface area contributed by atoms with Crippen molar-refractivity contribution in [3.63, 3.8) is 0 Å². The van der Waals surface area contributed by atoms with Crippen LogP contribution in [0.2, 0.25) is 0 Å². The number of hydrogen-bond donors (Lipinski definition) is 1. The van der Waals surface area contributed by atoms with E-state index in [0.29, 0.717) is 16.7 Å². The van der Waals surface area contributed by atoms with Crippen molar-refractivity contribution in [2.24, 2.45) is 0 Å². The number of nitro groups is 1. The molecule has 0 bridgehead atoms. The van der Waals surface area contributed by atoms with Crippen molar-refractivity contribution in [3.8, 4) is 0 Å². The lowest BCUT2D eigenvalue weighted by Crippen LogP contribution is -2.02. The molecular formula is C13H9Br2FN2O2. The first kappa shape index (κ1) is 14.9. The van der Waals surface area contributed by atoms with E-state index in [0.717, 1.165) is 10.0 Å². The highest BCUT2D eigenvalue weighted by molar-refractivity contribution is 9.11. The van der Waals surface area contributed by atoms with E-state index < -0.39 is 4.92 Å². The van der Waals surface area contributed by atoms with Gasteiger partial charge in [0.15, 0.2) is 0 Å². The van der Waals surface area contributed by atoms with Crippen molar-refractivity contribution >= 4 is 43.2 Å². The predicted octanol–water partition coefficient (Wildman–Crippen LogP) is 4.87. The summed E-state index contributed by atoms with van der Waals surface area (Å²) in [6.07, 6.45) is 0. The molecule has 0 spiro atoms. The maximum atomic E-state index is 13.2.